The number of rotatable bonds is 5. The molecular formula is C25H24N2O3S. The number of nitrogens with zero attached hydrogens (tertiary/aromatic N) is 1. The summed E-state index contributed by atoms with van der Waals surface area (Å²) in [7, 11) is 1.63. The van der Waals surface area contributed by atoms with Crippen molar-refractivity contribution in [2.24, 2.45) is 0 Å². The van der Waals surface area contributed by atoms with Crippen molar-refractivity contribution in [1.29, 1.82) is 0 Å². The second-order valence-corrected chi connectivity index (χ2v) is 8.64. The summed E-state index contributed by atoms with van der Waals surface area (Å²) in [5.74, 6) is 0.493. The molecule has 0 radical (unpaired) electrons. The Hall–Kier alpha value is -3.25. The number of thioether (sulfide) groups is 1. The number of para-hydroxylation sites is 2. The lowest BCUT2D eigenvalue weighted by Crippen LogP contribution is -2.38. The number of amides is 2. The molecule has 1 heterocycles. The van der Waals surface area contributed by atoms with Gasteiger partial charge in [-0.05, 0) is 48.4 Å². The van der Waals surface area contributed by atoms with Crippen molar-refractivity contribution in [3.05, 3.63) is 83.9 Å². The number of ether oxygens (including phenoxy) is 1. The van der Waals surface area contributed by atoms with Gasteiger partial charge in [-0.1, -0.05) is 42.5 Å². The Balaban J connectivity index is 1.58. The fourth-order valence-corrected chi connectivity index (χ4v) is 4.88. The van der Waals surface area contributed by atoms with E-state index in [0.29, 0.717) is 6.42 Å². The number of benzene rings is 3. The molecule has 0 spiro atoms. The highest BCUT2D eigenvalue weighted by atomic mass is 32.2. The molecule has 6 heteroatoms. The van der Waals surface area contributed by atoms with E-state index >= 15 is 0 Å². The van der Waals surface area contributed by atoms with Crippen molar-refractivity contribution in [3.8, 4) is 5.75 Å². The summed E-state index contributed by atoms with van der Waals surface area (Å²) in [4.78, 5) is 28.6. The number of carbonyl (C=O) groups excluding carboxylic acids is 2. The number of aryl methyl sites for hydroxylation is 1. The smallest absolute Gasteiger partial charge is 0.244 e. The molecule has 4 rings (SSSR count). The maximum absolute atomic E-state index is 13.2. The maximum Gasteiger partial charge on any atom is 0.244 e. The van der Waals surface area contributed by atoms with Gasteiger partial charge in [0.2, 0.25) is 11.8 Å². The lowest BCUT2D eigenvalue weighted by atomic mass is 10.1. The van der Waals surface area contributed by atoms with Crippen molar-refractivity contribution in [2.45, 2.75) is 23.5 Å². The van der Waals surface area contributed by atoms with E-state index in [4.69, 9.17) is 4.74 Å². The molecule has 3 aromatic carbocycles. The van der Waals surface area contributed by atoms with Crippen molar-refractivity contribution >= 4 is 35.0 Å². The Morgan fingerprint density at radius 1 is 1.06 bits per heavy atom. The lowest BCUT2D eigenvalue weighted by Gasteiger charge is -2.22. The number of fused-ring (bicyclic) bond motifs is 1. The zero-order chi connectivity index (χ0) is 21.8. The average molecular weight is 433 g/mol. The molecule has 0 aliphatic carbocycles. The third-order valence-electron chi connectivity index (χ3n) is 5.29. The molecule has 0 fully saturated rings. The van der Waals surface area contributed by atoms with E-state index in [-0.39, 0.29) is 23.6 Å². The summed E-state index contributed by atoms with van der Waals surface area (Å²) < 4.78 is 5.25. The van der Waals surface area contributed by atoms with Crippen LogP contribution in [0, 0.1) is 6.92 Å². The first-order chi connectivity index (χ1) is 15.0. The molecule has 0 bridgehead atoms. The van der Waals surface area contributed by atoms with Gasteiger partial charge in [-0.15, -0.1) is 11.8 Å². The standard InChI is InChI=1S/C25H24N2O3S/c1-17-7-3-4-8-20(17)26-24(28)16-27-21-9-5-6-10-22(21)31-23(15-25(27)29)18-11-13-19(30-2)14-12-18/h3-14,23H,15-16H2,1-2H3,(H,26,28)/t23-/m0/s1. The largest absolute Gasteiger partial charge is 0.497 e. The molecule has 2 amide bonds. The van der Waals surface area contributed by atoms with E-state index in [2.05, 4.69) is 5.32 Å². The van der Waals surface area contributed by atoms with Gasteiger partial charge in [0.05, 0.1) is 12.8 Å². The number of hydrogen-bond acceptors (Lipinski definition) is 4. The second-order valence-electron chi connectivity index (χ2n) is 7.39. The molecule has 0 aromatic heterocycles. The summed E-state index contributed by atoms with van der Waals surface area (Å²) in [6, 6.07) is 23.2. The molecule has 0 saturated heterocycles. The zero-order valence-corrected chi connectivity index (χ0v) is 18.3. The summed E-state index contributed by atoms with van der Waals surface area (Å²) in [5, 5.41) is 2.89. The minimum absolute atomic E-state index is 0.0277. The molecular weight excluding hydrogens is 408 g/mol. The Kier molecular flexibility index (Phi) is 6.28. The van der Waals surface area contributed by atoms with Crippen LogP contribution in [-0.4, -0.2) is 25.5 Å². The summed E-state index contributed by atoms with van der Waals surface area (Å²) in [6.07, 6.45) is 0.309. The number of nitrogens with one attached hydrogen (secondary N) is 1. The summed E-state index contributed by atoms with van der Waals surface area (Å²) in [6.45, 7) is 1.91. The molecule has 31 heavy (non-hydrogen) atoms. The van der Waals surface area contributed by atoms with Gasteiger partial charge in [0, 0.05) is 22.3 Å². The monoisotopic (exact) mass is 432 g/mol. The van der Waals surface area contributed by atoms with Crippen molar-refractivity contribution in [1.82, 2.24) is 0 Å². The van der Waals surface area contributed by atoms with Crippen LogP contribution < -0.4 is 15.0 Å². The van der Waals surface area contributed by atoms with Crippen LogP contribution in [0.5, 0.6) is 5.75 Å². The van der Waals surface area contributed by atoms with E-state index in [9.17, 15) is 9.59 Å². The Morgan fingerprint density at radius 3 is 2.52 bits per heavy atom. The maximum atomic E-state index is 13.2. The highest BCUT2D eigenvalue weighted by Gasteiger charge is 2.30. The van der Waals surface area contributed by atoms with E-state index in [1.807, 2.05) is 79.7 Å². The van der Waals surface area contributed by atoms with Gasteiger partial charge in [0.1, 0.15) is 12.3 Å². The topological polar surface area (TPSA) is 58.6 Å². The first kappa shape index (κ1) is 21.0. The average Bonchev–Trinajstić information content (AvgIpc) is 2.92. The SMILES string of the molecule is COc1ccc([C@@H]2CC(=O)N(CC(=O)Nc3ccccc3C)c3ccccc3S2)cc1. The molecule has 1 aliphatic rings. The predicted octanol–water partition coefficient (Wildman–Crippen LogP) is 5.21. The number of methoxy groups -OCH3 is 1. The molecule has 1 N–H and O–H groups in total. The van der Waals surface area contributed by atoms with Crippen molar-refractivity contribution in [3.63, 3.8) is 0 Å². The number of hydrogen-bond donors (Lipinski definition) is 1. The van der Waals surface area contributed by atoms with Gasteiger partial charge in [0.25, 0.3) is 0 Å². The quantitative estimate of drug-likeness (QED) is 0.601. The van der Waals surface area contributed by atoms with Gasteiger partial charge in [0.15, 0.2) is 0 Å². The van der Waals surface area contributed by atoms with Crippen LogP contribution in [0.2, 0.25) is 0 Å². The summed E-state index contributed by atoms with van der Waals surface area (Å²) >= 11 is 1.65. The Bertz CT molecular complexity index is 1100. The van der Waals surface area contributed by atoms with E-state index in [0.717, 1.165) is 33.1 Å². The van der Waals surface area contributed by atoms with Crippen LogP contribution in [0.4, 0.5) is 11.4 Å². The minimum Gasteiger partial charge on any atom is -0.497 e. The van der Waals surface area contributed by atoms with Crippen molar-refractivity contribution < 1.29 is 14.3 Å². The van der Waals surface area contributed by atoms with E-state index in [1.165, 1.54) is 0 Å². The number of anilines is 2. The fraction of sp³-hybridized carbons (Fsp3) is 0.200. The lowest BCUT2D eigenvalue weighted by molar-refractivity contribution is -0.121. The first-order valence-electron chi connectivity index (χ1n) is 10.1. The van der Waals surface area contributed by atoms with Crippen LogP contribution in [0.25, 0.3) is 0 Å². The highest BCUT2D eigenvalue weighted by Crippen LogP contribution is 2.45. The highest BCUT2D eigenvalue weighted by molar-refractivity contribution is 7.99. The van der Waals surface area contributed by atoms with Crippen molar-refractivity contribution in [2.75, 3.05) is 23.9 Å². The molecule has 0 saturated carbocycles. The van der Waals surface area contributed by atoms with Crippen LogP contribution >= 0.6 is 11.8 Å². The number of carbonyl (C=O) groups is 2. The van der Waals surface area contributed by atoms with Gasteiger partial charge in [-0.3, -0.25) is 9.59 Å². The van der Waals surface area contributed by atoms with Gasteiger partial charge < -0.3 is 15.0 Å². The first-order valence-corrected chi connectivity index (χ1v) is 11.0. The third-order valence-corrected chi connectivity index (χ3v) is 6.62. The molecule has 1 aliphatic heterocycles. The summed E-state index contributed by atoms with van der Waals surface area (Å²) in [5.41, 5.74) is 3.57. The molecule has 158 valence electrons. The van der Waals surface area contributed by atoms with E-state index < -0.39 is 0 Å². The predicted molar refractivity (Wildman–Crippen MR) is 125 cm³/mol. The van der Waals surface area contributed by atoms with E-state index in [1.54, 1.807) is 23.8 Å². The third kappa shape index (κ3) is 4.75. The molecule has 1 atom stereocenters. The van der Waals surface area contributed by atoms with Crippen LogP contribution in [0.3, 0.4) is 0 Å². The van der Waals surface area contributed by atoms with Crippen LogP contribution in [0.15, 0.2) is 77.7 Å². The molecule has 3 aromatic rings. The normalized spacial score (nSPS) is 15.7. The second kappa shape index (κ2) is 9.27. The molecule has 5 nitrogen and oxygen atoms in total. The Morgan fingerprint density at radius 2 is 1.77 bits per heavy atom. The fourth-order valence-electron chi connectivity index (χ4n) is 3.60. The zero-order valence-electron chi connectivity index (χ0n) is 17.5. The van der Waals surface area contributed by atoms with Crippen LogP contribution in [0.1, 0.15) is 22.8 Å². The Labute approximate surface area is 186 Å². The van der Waals surface area contributed by atoms with Gasteiger partial charge >= 0.3 is 0 Å². The van der Waals surface area contributed by atoms with Gasteiger partial charge in [-0.25, -0.2) is 0 Å². The minimum atomic E-state index is -0.217. The van der Waals surface area contributed by atoms with Gasteiger partial charge in [-0.2, -0.15) is 0 Å². The van der Waals surface area contributed by atoms with Crippen LogP contribution in [-0.2, 0) is 9.59 Å². The molecule has 0 unspecified atom stereocenters.